The number of nitrogens with one attached hydrogen (secondary N) is 1. The van der Waals surface area contributed by atoms with E-state index in [1.807, 2.05) is 6.92 Å². The molecule has 1 atom stereocenters. The molecule has 1 N–H and O–H groups in total. The number of hydrogen-bond donors (Lipinski definition) is 1. The van der Waals surface area contributed by atoms with E-state index >= 15 is 0 Å². The number of likely N-dealkylation sites (tertiary alicyclic amines) is 2. The van der Waals surface area contributed by atoms with E-state index in [9.17, 15) is 14.4 Å². The Kier molecular flexibility index (Phi) is 5.04. The molecule has 3 rings (SSSR count). The lowest BCUT2D eigenvalue weighted by molar-refractivity contribution is -0.139. The molecule has 0 aliphatic carbocycles. The molecule has 0 bridgehead atoms. The van der Waals surface area contributed by atoms with Gasteiger partial charge in [-0.1, -0.05) is 6.92 Å². The van der Waals surface area contributed by atoms with Crippen LogP contribution in [0, 0.1) is 0 Å². The largest absolute Gasteiger partial charge is 0.341 e. The van der Waals surface area contributed by atoms with Gasteiger partial charge >= 0.3 is 6.03 Å². The van der Waals surface area contributed by atoms with E-state index in [1.54, 1.807) is 4.90 Å². The van der Waals surface area contributed by atoms with Gasteiger partial charge in [-0.15, -0.1) is 0 Å². The van der Waals surface area contributed by atoms with Gasteiger partial charge in [0.25, 0.3) is 5.91 Å². The first-order chi connectivity index (χ1) is 11.9. The normalized spacial score (nSPS) is 27.3. The summed E-state index contributed by atoms with van der Waals surface area (Å²) in [5.41, 5.74) is -0.737. The second-order valence-electron chi connectivity index (χ2n) is 7.81. The molecule has 3 aliphatic rings. The van der Waals surface area contributed by atoms with Crippen LogP contribution in [0.4, 0.5) is 4.79 Å². The fraction of sp³-hybridized carbons (Fsp3) is 0.833. The molecule has 3 fully saturated rings. The average Bonchev–Trinajstić information content (AvgIpc) is 2.84. The molecular formula is C18H30N4O3. The number of hydrogen-bond acceptors (Lipinski definition) is 4. The molecule has 0 radical (unpaired) electrons. The Morgan fingerprint density at radius 3 is 2.52 bits per heavy atom. The van der Waals surface area contributed by atoms with Crippen LogP contribution >= 0.6 is 0 Å². The standard InChI is InChI=1S/C18H30N4O3/c1-4-15(23)21-9-5-6-14(12-21)22-16(24)18(19-17(22)25)7-10-20(11-8-18)13(2)3/h13-14H,4-12H2,1-3H3,(H,19,25). The van der Waals surface area contributed by atoms with Crippen molar-refractivity contribution < 1.29 is 14.4 Å². The third-order valence-electron chi connectivity index (χ3n) is 5.99. The average molecular weight is 350 g/mol. The maximum absolute atomic E-state index is 13.1. The van der Waals surface area contributed by atoms with E-state index in [-0.39, 0.29) is 23.9 Å². The summed E-state index contributed by atoms with van der Waals surface area (Å²) in [7, 11) is 0. The van der Waals surface area contributed by atoms with Crippen LogP contribution in [0.3, 0.4) is 0 Å². The van der Waals surface area contributed by atoms with Gasteiger partial charge in [0.15, 0.2) is 0 Å². The van der Waals surface area contributed by atoms with Crippen molar-refractivity contribution in [2.45, 2.75) is 70.5 Å². The lowest BCUT2D eigenvalue weighted by atomic mass is 9.86. The smallest absolute Gasteiger partial charge is 0.325 e. The van der Waals surface area contributed by atoms with Gasteiger partial charge in [0.1, 0.15) is 5.54 Å². The Balaban J connectivity index is 1.70. The summed E-state index contributed by atoms with van der Waals surface area (Å²) >= 11 is 0. The summed E-state index contributed by atoms with van der Waals surface area (Å²) in [6.07, 6.45) is 3.40. The summed E-state index contributed by atoms with van der Waals surface area (Å²) in [4.78, 5) is 43.3. The predicted octanol–water partition coefficient (Wildman–Crippen LogP) is 1.18. The molecule has 7 heteroatoms. The summed E-state index contributed by atoms with van der Waals surface area (Å²) in [6.45, 7) is 8.99. The summed E-state index contributed by atoms with van der Waals surface area (Å²) in [5, 5.41) is 2.99. The van der Waals surface area contributed by atoms with E-state index in [2.05, 4.69) is 24.1 Å². The maximum atomic E-state index is 13.1. The summed E-state index contributed by atoms with van der Waals surface area (Å²) in [5.74, 6) is 0.00779. The van der Waals surface area contributed by atoms with E-state index < -0.39 is 5.54 Å². The topological polar surface area (TPSA) is 73.0 Å². The molecule has 7 nitrogen and oxygen atoms in total. The van der Waals surface area contributed by atoms with Crippen LogP contribution in [0.25, 0.3) is 0 Å². The fourth-order valence-electron chi connectivity index (χ4n) is 4.35. The van der Waals surface area contributed by atoms with Crippen molar-refractivity contribution in [2.75, 3.05) is 26.2 Å². The van der Waals surface area contributed by atoms with Crippen molar-refractivity contribution in [3.63, 3.8) is 0 Å². The minimum absolute atomic E-state index is 0.0864. The zero-order chi connectivity index (χ0) is 18.2. The predicted molar refractivity (Wildman–Crippen MR) is 93.9 cm³/mol. The van der Waals surface area contributed by atoms with Crippen LogP contribution in [0.1, 0.15) is 52.9 Å². The summed E-state index contributed by atoms with van der Waals surface area (Å²) < 4.78 is 0. The lowest BCUT2D eigenvalue weighted by Crippen LogP contribution is -2.57. The molecule has 3 saturated heterocycles. The first-order valence-corrected chi connectivity index (χ1v) is 9.55. The van der Waals surface area contributed by atoms with Gasteiger partial charge in [0.2, 0.25) is 5.91 Å². The molecule has 0 saturated carbocycles. The molecule has 0 aromatic heterocycles. The Hall–Kier alpha value is -1.63. The molecule has 0 aromatic carbocycles. The highest BCUT2D eigenvalue weighted by Crippen LogP contribution is 2.32. The van der Waals surface area contributed by atoms with Crippen molar-refractivity contribution in [1.29, 1.82) is 0 Å². The Morgan fingerprint density at radius 1 is 1.24 bits per heavy atom. The van der Waals surface area contributed by atoms with Crippen LogP contribution in [-0.4, -0.2) is 76.3 Å². The Bertz CT molecular complexity index is 555. The van der Waals surface area contributed by atoms with Gasteiger partial charge < -0.3 is 15.1 Å². The molecule has 25 heavy (non-hydrogen) atoms. The monoisotopic (exact) mass is 350 g/mol. The van der Waals surface area contributed by atoms with Crippen LogP contribution < -0.4 is 5.32 Å². The van der Waals surface area contributed by atoms with Crippen molar-refractivity contribution >= 4 is 17.8 Å². The highest BCUT2D eigenvalue weighted by Gasteiger charge is 2.54. The van der Waals surface area contributed by atoms with Crippen LogP contribution in [0.2, 0.25) is 0 Å². The third kappa shape index (κ3) is 3.26. The SMILES string of the molecule is CCC(=O)N1CCCC(N2C(=O)NC3(CCN(C(C)C)CC3)C2=O)C1. The Labute approximate surface area is 149 Å². The van der Waals surface area contributed by atoms with Crippen LogP contribution in [-0.2, 0) is 9.59 Å². The molecular weight excluding hydrogens is 320 g/mol. The minimum atomic E-state index is -0.737. The second kappa shape index (κ2) is 6.94. The zero-order valence-electron chi connectivity index (χ0n) is 15.6. The molecule has 3 aliphatic heterocycles. The number of nitrogens with zero attached hydrogens (tertiary/aromatic N) is 3. The van der Waals surface area contributed by atoms with E-state index in [0.29, 0.717) is 31.8 Å². The lowest BCUT2D eigenvalue weighted by Gasteiger charge is -2.40. The minimum Gasteiger partial charge on any atom is -0.341 e. The van der Waals surface area contributed by atoms with Gasteiger partial charge in [0.05, 0.1) is 6.04 Å². The molecule has 3 heterocycles. The van der Waals surface area contributed by atoms with Crippen molar-refractivity contribution in [3.8, 4) is 0 Å². The number of urea groups is 1. The number of piperidine rings is 2. The fourth-order valence-corrected chi connectivity index (χ4v) is 4.35. The first-order valence-electron chi connectivity index (χ1n) is 9.55. The summed E-state index contributed by atoms with van der Waals surface area (Å²) in [6, 6.07) is -0.0225. The highest BCUT2D eigenvalue weighted by molar-refractivity contribution is 6.07. The highest BCUT2D eigenvalue weighted by atomic mass is 16.2. The molecule has 1 unspecified atom stereocenters. The van der Waals surface area contributed by atoms with Crippen LogP contribution in [0.5, 0.6) is 0 Å². The third-order valence-corrected chi connectivity index (χ3v) is 5.99. The van der Waals surface area contributed by atoms with Gasteiger partial charge in [-0.2, -0.15) is 0 Å². The number of imide groups is 1. The quantitative estimate of drug-likeness (QED) is 0.776. The van der Waals surface area contributed by atoms with E-state index in [1.165, 1.54) is 4.90 Å². The number of amides is 4. The maximum Gasteiger partial charge on any atom is 0.325 e. The number of rotatable bonds is 3. The second-order valence-corrected chi connectivity index (χ2v) is 7.81. The van der Waals surface area contributed by atoms with Gasteiger partial charge in [-0.05, 0) is 39.5 Å². The molecule has 140 valence electrons. The van der Waals surface area contributed by atoms with Crippen molar-refractivity contribution in [3.05, 3.63) is 0 Å². The van der Waals surface area contributed by atoms with E-state index in [4.69, 9.17) is 0 Å². The number of carbonyl (C=O) groups excluding carboxylic acids is 3. The van der Waals surface area contributed by atoms with E-state index in [0.717, 1.165) is 32.5 Å². The van der Waals surface area contributed by atoms with Gasteiger partial charge in [-0.3, -0.25) is 14.5 Å². The number of carbonyl (C=O) groups is 3. The molecule has 1 spiro atoms. The Morgan fingerprint density at radius 2 is 1.92 bits per heavy atom. The first kappa shape index (κ1) is 18.2. The molecule has 0 aromatic rings. The molecule has 4 amide bonds. The zero-order valence-corrected chi connectivity index (χ0v) is 15.6. The van der Waals surface area contributed by atoms with Crippen LogP contribution in [0.15, 0.2) is 0 Å². The van der Waals surface area contributed by atoms with Crippen molar-refractivity contribution in [2.24, 2.45) is 0 Å². The van der Waals surface area contributed by atoms with Gasteiger partial charge in [0, 0.05) is 38.6 Å². The van der Waals surface area contributed by atoms with Gasteiger partial charge in [-0.25, -0.2) is 4.79 Å². The van der Waals surface area contributed by atoms with Crippen molar-refractivity contribution in [1.82, 2.24) is 20.0 Å².